The average molecular weight is 464 g/mol. The van der Waals surface area contributed by atoms with Crippen LogP contribution in [0.5, 0.6) is 0 Å². The zero-order valence-corrected chi connectivity index (χ0v) is 19.5. The van der Waals surface area contributed by atoms with Crippen molar-refractivity contribution in [2.75, 3.05) is 20.2 Å². The van der Waals surface area contributed by atoms with Crippen LogP contribution >= 0.6 is 0 Å². The SMILES string of the molecule is COC(=O)C1CCN(C(=O)CC2(c3ccccc3C)CC(=O)N(Cc3ccncc3)C2=O)CC1. The van der Waals surface area contributed by atoms with Crippen molar-refractivity contribution in [3.8, 4) is 0 Å². The lowest BCUT2D eigenvalue weighted by atomic mass is 9.73. The van der Waals surface area contributed by atoms with E-state index in [1.165, 1.54) is 12.0 Å². The van der Waals surface area contributed by atoms with E-state index in [1.54, 1.807) is 29.4 Å². The fourth-order valence-electron chi connectivity index (χ4n) is 5.09. The second-order valence-electron chi connectivity index (χ2n) is 9.07. The third-order valence-electron chi connectivity index (χ3n) is 6.99. The van der Waals surface area contributed by atoms with E-state index < -0.39 is 5.41 Å². The van der Waals surface area contributed by atoms with Gasteiger partial charge < -0.3 is 9.64 Å². The first-order valence-corrected chi connectivity index (χ1v) is 11.5. The molecule has 34 heavy (non-hydrogen) atoms. The highest BCUT2D eigenvalue weighted by Gasteiger charge is 2.54. The van der Waals surface area contributed by atoms with E-state index in [-0.39, 0.29) is 49.0 Å². The number of likely N-dealkylation sites (tertiary alicyclic amines) is 2. The zero-order chi connectivity index (χ0) is 24.3. The number of hydrogen-bond acceptors (Lipinski definition) is 6. The van der Waals surface area contributed by atoms with Crippen LogP contribution in [0.25, 0.3) is 0 Å². The molecule has 8 nitrogen and oxygen atoms in total. The number of aryl methyl sites for hydroxylation is 1. The summed E-state index contributed by atoms with van der Waals surface area (Å²) in [6, 6.07) is 11.0. The van der Waals surface area contributed by atoms with Gasteiger partial charge in [0.1, 0.15) is 0 Å². The Balaban J connectivity index is 1.60. The number of ether oxygens (including phenoxy) is 1. The van der Waals surface area contributed by atoms with Gasteiger partial charge in [-0.25, -0.2) is 0 Å². The van der Waals surface area contributed by atoms with E-state index in [2.05, 4.69) is 4.98 Å². The van der Waals surface area contributed by atoms with Crippen LogP contribution in [0.2, 0.25) is 0 Å². The number of imide groups is 1. The molecule has 1 aromatic heterocycles. The van der Waals surface area contributed by atoms with E-state index in [1.807, 2.05) is 31.2 Å². The Morgan fingerprint density at radius 1 is 1.09 bits per heavy atom. The smallest absolute Gasteiger partial charge is 0.308 e. The summed E-state index contributed by atoms with van der Waals surface area (Å²) in [6.07, 6.45) is 4.16. The van der Waals surface area contributed by atoms with Crippen LogP contribution in [0.1, 0.15) is 42.4 Å². The first kappa shape index (κ1) is 23.6. The topological polar surface area (TPSA) is 96.9 Å². The summed E-state index contributed by atoms with van der Waals surface area (Å²) < 4.78 is 4.83. The van der Waals surface area contributed by atoms with Crippen molar-refractivity contribution >= 4 is 23.7 Å². The average Bonchev–Trinajstić information content (AvgIpc) is 3.09. The van der Waals surface area contributed by atoms with Crippen LogP contribution < -0.4 is 0 Å². The molecule has 8 heteroatoms. The van der Waals surface area contributed by atoms with Crippen molar-refractivity contribution in [1.82, 2.24) is 14.8 Å². The highest BCUT2D eigenvalue weighted by Crippen LogP contribution is 2.42. The van der Waals surface area contributed by atoms with E-state index in [0.29, 0.717) is 31.5 Å². The largest absolute Gasteiger partial charge is 0.469 e. The predicted molar refractivity (Wildman–Crippen MR) is 123 cm³/mol. The van der Waals surface area contributed by atoms with E-state index in [0.717, 1.165) is 11.1 Å². The number of pyridine rings is 1. The molecule has 0 radical (unpaired) electrons. The van der Waals surface area contributed by atoms with Gasteiger partial charge in [-0.15, -0.1) is 0 Å². The molecule has 2 saturated heterocycles. The Morgan fingerprint density at radius 2 is 1.76 bits per heavy atom. The van der Waals surface area contributed by atoms with Crippen LogP contribution in [0.15, 0.2) is 48.8 Å². The summed E-state index contributed by atoms with van der Waals surface area (Å²) in [6.45, 7) is 2.88. The maximum atomic E-state index is 13.9. The molecule has 3 amide bonds. The van der Waals surface area contributed by atoms with Gasteiger partial charge in [0, 0.05) is 38.3 Å². The predicted octanol–water partition coefficient (Wildman–Crippen LogP) is 2.39. The highest BCUT2D eigenvalue weighted by atomic mass is 16.5. The number of aromatic nitrogens is 1. The minimum atomic E-state index is -1.24. The van der Waals surface area contributed by atoms with Gasteiger partial charge in [0.2, 0.25) is 17.7 Å². The first-order valence-electron chi connectivity index (χ1n) is 11.5. The molecule has 1 atom stereocenters. The molecular weight excluding hydrogens is 434 g/mol. The molecule has 1 aromatic carbocycles. The summed E-state index contributed by atoms with van der Waals surface area (Å²) in [7, 11) is 1.37. The normalized spacial score (nSPS) is 21.1. The molecule has 0 saturated carbocycles. The van der Waals surface area contributed by atoms with Gasteiger partial charge >= 0.3 is 5.97 Å². The molecule has 0 aliphatic carbocycles. The van der Waals surface area contributed by atoms with Crippen LogP contribution in [0, 0.1) is 12.8 Å². The number of methoxy groups -OCH3 is 1. The lowest BCUT2D eigenvalue weighted by Crippen LogP contribution is -2.46. The van der Waals surface area contributed by atoms with Gasteiger partial charge in [0.15, 0.2) is 0 Å². The van der Waals surface area contributed by atoms with Crippen LogP contribution in [-0.2, 0) is 35.9 Å². The number of hydrogen-bond donors (Lipinski definition) is 0. The number of carbonyl (C=O) groups is 4. The third kappa shape index (κ3) is 4.44. The summed E-state index contributed by atoms with van der Waals surface area (Å²) in [5.41, 5.74) is 1.13. The molecule has 2 aliphatic heterocycles. The fraction of sp³-hybridized carbons (Fsp3) is 0.423. The molecule has 2 aliphatic rings. The van der Waals surface area contributed by atoms with Gasteiger partial charge in [-0.3, -0.25) is 29.1 Å². The van der Waals surface area contributed by atoms with E-state index in [9.17, 15) is 19.2 Å². The van der Waals surface area contributed by atoms with Crippen LogP contribution in [0.4, 0.5) is 0 Å². The highest BCUT2D eigenvalue weighted by molar-refractivity contribution is 6.10. The molecule has 178 valence electrons. The standard InChI is InChI=1S/C26H29N3O5/c1-18-5-3-4-6-21(18)26(15-22(30)28-13-9-20(10-14-28)24(32)34-2)16-23(31)29(25(26)33)17-19-7-11-27-12-8-19/h3-8,11-12,20H,9-10,13-17H2,1-2H3. The van der Waals surface area contributed by atoms with E-state index in [4.69, 9.17) is 4.74 Å². The van der Waals surface area contributed by atoms with Crippen molar-refractivity contribution in [2.45, 2.75) is 44.6 Å². The zero-order valence-electron chi connectivity index (χ0n) is 19.5. The first-order chi connectivity index (χ1) is 16.4. The molecule has 0 bridgehead atoms. The molecule has 3 heterocycles. The molecule has 1 unspecified atom stereocenters. The number of amides is 3. The maximum absolute atomic E-state index is 13.9. The maximum Gasteiger partial charge on any atom is 0.308 e. The summed E-state index contributed by atoms with van der Waals surface area (Å²) >= 11 is 0. The minimum absolute atomic E-state index is 0.0495. The van der Waals surface area contributed by atoms with Crippen LogP contribution in [-0.4, -0.2) is 58.7 Å². The molecule has 0 spiro atoms. The summed E-state index contributed by atoms with van der Waals surface area (Å²) in [5, 5.41) is 0. The Labute approximate surface area is 198 Å². The monoisotopic (exact) mass is 463 g/mol. The Bertz CT molecular complexity index is 1090. The Morgan fingerprint density at radius 3 is 2.41 bits per heavy atom. The van der Waals surface area contributed by atoms with Gasteiger partial charge in [0.25, 0.3) is 0 Å². The number of piperidine rings is 1. The number of carbonyl (C=O) groups excluding carboxylic acids is 4. The number of esters is 1. The Hall–Kier alpha value is -3.55. The van der Waals surface area contributed by atoms with Crippen molar-refractivity contribution in [3.05, 3.63) is 65.5 Å². The summed E-state index contributed by atoms with van der Waals surface area (Å²) in [4.78, 5) is 59.2. The van der Waals surface area contributed by atoms with Crippen LogP contribution in [0.3, 0.4) is 0 Å². The van der Waals surface area contributed by atoms with Crippen molar-refractivity contribution in [3.63, 3.8) is 0 Å². The molecule has 2 fully saturated rings. The number of rotatable bonds is 6. The van der Waals surface area contributed by atoms with Gasteiger partial charge in [-0.05, 0) is 48.6 Å². The number of benzene rings is 1. The lowest BCUT2D eigenvalue weighted by molar-refractivity contribution is -0.149. The van der Waals surface area contributed by atoms with Crippen molar-refractivity contribution in [2.24, 2.45) is 5.92 Å². The van der Waals surface area contributed by atoms with Crippen molar-refractivity contribution < 1.29 is 23.9 Å². The quantitative estimate of drug-likeness (QED) is 0.482. The van der Waals surface area contributed by atoms with Crippen molar-refractivity contribution in [1.29, 1.82) is 0 Å². The molecule has 0 N–H and O–H groups in total. The van der Waals surface area contributed by atoms with E-state index >= 15 is 0 Å². The second-order valence-corrected chi connectivity index (χ2v) is 9.07. The fourth-order valence-corrected chi connectivity index (χ4v) is 5.09. The van der Waals surface area contributed by atoms with Gasteiger partial charge in [-0.2, -0.15) is 0 Å². The minimum Gasteiger partial charge on any atom is -0.469 e. The third-order valence-corrected chi connectivity index (χ3v) is 6.99. The summed E-state index contributed by atoms with van der Waals surface area (Å²) in [5.74, 6) is -1.29. The molecular formula is C26H29N3O5. The molecule has 4 rings (SSSR count). The lowest BCUT2D eigenvalue weighted by Gasteiger charge is -2.34. The van der Waals surface area contributed by atoms with Gasteiger partial charge in [-0.1, -0.05) is 24.3 Å². The molecule has 2 aromatic rings. The number of nitrogens with zero attached hydrogens (tertiary/aromatic N) is 3. The van der Waals surface area contributed by atoms with Gasteiger partial charge in [0.05, 0.1) is 25.0 Å². The Kier molecular flexibility index (Phi) is 6.77. The second kappa shape index (κ2) is 9.75.